The van der Waals surface area contributed by atoms with E-state index in [-0.39, 0.29) is 25.2 Å². The summed E-state index contributed by atoms with van der Waals surface area (Å²) in [7, 11) is 0. The van der Waals surface area contributed by atoms with E-state index in [0.29, 0.717) is 19.4 Å². The number of carbonyl (C=O) groups is 2. The topological polar surface area (TPSA) is 61.8 Å². The maximum absolute atomic E-state index is 12.7. The Hall–Kier alpha value is -3.70. The molecule has 0 aliphatic rings. The maximum atomic E-state index is 12.7. The molecule has 0 amide bonds. The van der Waals surface area contributed by atoms with Crippen LogP contribution in [0.4, 0.5) is 0 Å². The summed E-state index contributed by atoms with van der Waals surface area (Å²) in [5.41, 5.74) is 0. The minimum atomic E-state index is -0.584. The standard InChI is InChI=1S/C55H88O5/c1-4-7-10-13-16-19-21-23-25-27-28-30-31-33-35-37-39-42-45-48-54(56)59-52-53(51-58-50-47-44-41-18-15-12-9-6-3)60-55(57)49-46-43-40-38-36-34-32-29-26-24-22-20-17-14-11-8-5-2/h7-8,10-11,16-17,19-20,23-26,28,30,32-35,38,40,53H,4-6,9,12-15,18,21-22,27,29,31,36-37,39,41-52H2,1-3H3/b10-7-,11-8-,19-16-,20-17-,25-23-,26-24-,30-28-,34-32-,35-33-,40-38-. The van der Waals surface area contributed by atoms with E-state index < -0.39 is 6.10 Å². The molecule has 60 heavy (non-hydrogen) atoms. The van der Waals surface area contributed by atoms with Gasteiger partial charge in [0.1, 0.15) is 6.61 Å². The SMILES string of the molecule is CC/C=C\C/C=C\C/C=C\C/C=C\C/C=C\CCCCCC(=O)OCC(COCCCCCCCCCC)OC(=O)CCC/C=C\C/C=C\C/C=C\C/C=C\C/C=C\CC. The number of hydrogen-bond acceptors (Lipinski definition) is 5. The Bertz CT molecular complexity index is 1260. The summed E-state index contributed by atoms with van der Waals surface area (Å²) in [4.78, 5) is 25.3. The van der Waals surface area contributed by atoms with Crippen molar-refractivity contribution in [2.24, 2.45) is 0 Å². The highest BCUT2D eigenvalue weighted by molar-refractivity contribution is 5.70. The summed E-state index contributed by atoms with van der Waals surface area (Å²) < 4.78 is 17.2. The van der Waals surface area contributed by atoms with Crippen LogP contribution in [0.1, 0.15) is 188 Å². The molecule has 0 aromatic heterocycles. The first-order chi connectivity index (χ1) is 29.6. The van der Waals surface area contributed by atoms with Crippen molar-refractivity contribution in [1.29, 1.82) is 0 Å². The quantitative estimate of drug-likeness (QED) is 0.0348. The van der Waals surface area contributed by atoms with Gasteiger partial charge >= 0.3 is 11.9 Å². The van der Waals surface area contributed by atoms with Gasteiger partial charge in [-0.05, 0) is 103 Å². The highest BCUT2D eigenvalue weighted by Gasteiger charge is 2.17. The van der Waals surface area contributed by atoms with Gasteiger partial charge in [-0.25, -0.2) is 0 Å². The minimum absolute atomic E-state index is 0.0385. The molecule has 0 saturated carbocycles. The van der Waals surface area contributed by atoms with Gasteiger partial charge in [-0.15, -0.1) is 0 Å². The van der Waals surface area contributed by atoms with Gasteiger partial charge < -0.3 is 14.2 Å². The fourth-order valence-electron chi connectivity index (χ4n) is 5.98. The Morgan fingerprint density at radius 1 is 0.383 bits per heavy atom. The fourth-order valence-corrected chi connectivity index (χ4v) is 5.98. The first-order valence-electron chi connectivity index (χ1n) is 24.1. The smallest absolute Gasteiger partial charge is 0.306 e. The number of rotatable bonds is 42. The van der Waals surface area contributed by atoms with Crippen molar-refractivity contribution in [3.8, 4) is 0 Å². The van der Waals surface area contributed by atoms with Crippen LogP contribution in [0.2, 0.25) is 0 Å². The molecule has 1 atom stereocenters. The number of allylic oxidation sites excluding steroid dienone is 20. The van der Waals surface area contributed by atoms with Crippen LogP contribution < -0.4 is 0 Å². The Balaban J connectivity index is 4.37. The molecule has 5 heteroatoms. The molecule has 0 aliphatic carbocycles. The van der Waals surface area contributed by atoms with Crippen LogP contribution in [-0.4, -0.2) is 37.9 Å². The maximum Gasteiger partial charge on any atom is 0.306 e. The van der Waals surface area contributed by atoms with Gasteiger partial charge in [0.2, 0.25) is 0 Å². The minimum Gasteiger partial charge on any atom is -0.462 e. The average Bonchev–Trinajstić information content (AvgIpc) is 3.25. The van der Waals surface area contributed by atoms with Crippen LogP contribution in [0.25, 0.3) is 0 Å². The molecule has 0 heterocycles. The lowest BCUT2D eigenvalue weighted by Crippen LogP contribution is -2.30. The molecule has 0 N–H and O–H groups in total. The fraction of sp³-hybridized carbons (Fsp3) is 0.600. The normalized spacial score (nSPS) is 13.3. The van der Waals surface area contributed by atoms with E-state index >= 15 is 0 Å². The van der Waals surface area contributed by atoms with Crippen molar-refractivity contribution in [2.45, 2.75) is 194 Å². The van der Waals surface area contributed by atoms with Crippen molar-refractivity contribution in [3.63, 3.8) is 0 Å². The van der Waals surface area contributed by atoms with E-state index in [0.717, 1.165) is 116 Å². The summed E-state index contributed by atoms with van der Waals surface area (Å²) in [5, 5.41) is 0. The van der Waals surface area contributed by atoms with Crippen LogP contribution in [-0.2, 0) is 23.8 Å². The summed E-state index contributed by atoms with van der Waals surface area (Å²) in [5.74, 6) is -0.512. The zero-order chi connectivity index (χ0) is 43.5. The monoisotopic (exact) mass is 829 g/mol. The summed E-state index contributed by atoms with van der Waals surface area (Å²) in [6, 6.07) is 0. The molecular formula is C55H88O5. The second-order valence-electron chi connectivity index (χ2n) is 15.3. The lowest BCUT2D eigenvalue weighted by molar-refractivity contribution is -0.162. The average molecular weight is 829 g/mol. The Morgan fingerprint density at radius 2 is 0.767 bits per heavy atom. The molecule has 1 unspecified atom stereocenters. The summed E-state index contributed by atoms with van der Waals surface area (Å²) >= 11 is 0. The third-order valence-corrected chi connectivity index (χ3v) is 9.49. The first-order valence-corrected chi connectivity index (χ1v) is 24.1. The molecule has 338 valence electrons. The zero-order valence-corrected chi connectivity index (χ0v) is 38.7. The van der Waals surface area contributed by atoms with Crippen LogP contribution >= 0.6 is 0 Å². The molecule has 5 nitrogen and oxygen atoms in total. The van der Waals surface area contributed by atoms with Crippen LogP contribution in [0.15, 0.2) is 122 Å². The van der Waals surface area contributed by atoms with Gasteiger partial charge in [0.05, 0.1) is 6.61 Å². The number of esters is 2. The van der Waals surface area contributed by atoms with Crippen LogP contribution in [0.5, 0.6) is 0 Å². The Kier molecular flexibility index (Phi) is 46.6. The summed E-state index contributed by atoms with van der Waals surface area (Å²) in [6.45, 7) is 7.46. The molecule has 0 spiro atoms. The number of hydrogen-bond donors (Lipinski definition) is 0. The van der Waals surface area contributed by atoms with Crippen molar-refractivity contribution >= 4 is 11.9 Å². The first kappa shape index (κ1) is 56.3. The van der Waals surface area contributed by atoms with E-state index in [1.807, 2.05) is 0 Å². The molecule has 0 aromatic rings. The van der Waals surface area contributed by atoms with Gasteiger partial charge in [-0.1, -0.05) is 194 Å². The molecular weight excluding hydrogens is 741 g/mol. The predicted molar refractivity (Wildman–Crippen MR) is 260 cm³/mol. The van der Waals surface area contributed by atoms with Gasteiger partial charge in [0.15, 0.2) is 6.10 Å². The molecule has 0 aromatic carbocycles. The Labute approximate surface area is 369 Å². The third-order valence-electron chi connectivity index (χ3n) is 9.49. The van der Waals surface area contributed by atoms with Crippen molar-refractivity contribution in [3.05, 3.63) is 122 Å². The van der Waals surface area contributed by atoms with Crippen molar-refractivity contribution in [1.82, 2.24) is 0 Å². The lowest BCUT2D eigenvalue weighted by atomic mass is 10.1. The molecule has 0 aliphatic heterocycles. The van der Waals surface area contributed by atoms with E-state index in [4.69, 9.17) is 14.2 Å². The van der Waals surface area contributed by atoms with Gasteiger partial charge in [0, 0.05) is 19.4 Å². The lowest BCUT2D eigenvalue weighted by Gasteiger charge is -2.18. The highest BCUT2D eigenvalue weighted by atomic mass is 16.6. The largest absolute Gasteiger partial charge is 0.462 e. The number of ether oxygens (including phenoxy) is 3. The van der Waals surface area contributed by atoms with Gasteiger partial charge in [0.25, 0.3) is 0 Å². The van der Waals surface area contributed by atoms with Crippen LogP contribution in [0, 0.1) is 0 Å². The predicted octanol–water partition coefficient (Wildman–Crippen LogP) is 16.2. The van der Waals surface area contributed by atoms with Gasteiger partial charge in [-0.2, -0.15) is 0 Å². The van der Waals surface area contributed by atoms with Gasteiger partial charge in [-0.3, -0.25) is 9.59 Å². The molecule has 0 fully saturated rings. The molecule has 0 rings (SSSR count). The third kappa shape index (κ3) is 47.0. The molecule has 0 bridgehead atoms. The highest BCUT2D eigenvalue weighted by Crippen LogP contribution is 2.11. The Morgan fingerprint density at radius 3 is 1.23 bits per heavy atom. The second-order valence-corrected chi connectivity index (χ2v) is 15.3. The molecule has 0 saturated heterocycles. The van der Waals surface area contributed by atoms with Crippen molar-refractivity contribution < 1.29 is 23.8 Å². The summed E-state index contributed by atoms with van der Waals surface area (Å²) in [6.07, 6.45) is 69.2. The molecule has 0 radical (unpaired) electrons. The van der Waals surface area contributed by atoms with E-state index in [1.54, 1.807) is 0 Å². The van der Waals surface area contributed by atoms with E-state index in [2.05, 4.69) is 142 Å². The van der Waals surface area contributed by atoms with Crippen LogP contribution in [0.3, 0.4) is 0 Å². The number of unbranched alkanes of at least 4 members (excludes halogenated alkanes) is 11. The second kappa shape index (κ2) is 49.7. The number of carbonyl (C=O) groups excluding carboxylic acids is 2. The zero-order valence-electron chi connectivity index (χ0n) is 38.7. The van der Waals surface area contributed by atoms with Crippen molar-refractivity contribution in [2.75, 3.05) is 19.8 Å². The van der Waals surface area contributed by atoms with E-state index in [9.17, 15) is 9.59 Å². The van der Waals surface area contributed by atoms with E-state index in [1.165, 1.54) is 38.5 Å².